The van der Waals surface area contributed by atoms with Crippen LogP contribution in [0.1, 0.15) is 21.7 Å². The number of fused-ring (bicyclic) bond motifs is 1. The van der Waals surface area contributed by atoms with Gasteiger partial charge in [0.25, 0.3) is 5.91 Å². The average molecular weight is 345 g/mol. The number of aromatic nitrogens is 3. The molecule has 1 aromatic carbocycles. The first-order chi connectivity index (χ1) is 11.3. The van der Waals surface area contributed by atoms with E-state index in [1.165, 1.54) is 12.1 Å². The lowest BCUT2D eigenvalue weighted by atomic mass is 10.1. The van der Waals surface area contributed by atoms with Gasteiger partial charge in [-0.3, -0.25) is 4.79 Å². The average Bonchev–Trinajstić information content (AvgIpc) is 2.94. The van der Waals surface area contributed by atoms with E-state index in [4.69, 9.17) is 5.14 Å². The summed E-state index contributed by atoms with van der Waals surface area (Å²) in [7, 11) is -3.99. The van der Waals surface area contributed by atoms with Crippen molar-refractivity contribution in [2.24, 2.45) is 5.14 Å². The summed E-state index contributed by atoms with van der Waals surface area (Å²) in [4.78, 5) is 23.5. The zero-order valence-electron chi connectivity index (χ0n) is 12.8. The lowest BCUT2D eigenvalue weighted by Gasteiger charge is -2.09. The Labute approximate surface area is 138 Å². The Balaban J connectivity index is 1.84. The maximum atomic E-state index is 12.4. The number of H-pyrrole nitrogens is 1. The molecule has 1 amide bonds. The standard InChI is InChI=1S/C15H15N5O3S/c1-9-4-5-12(24(16,22)23)10(7-9)15(21)18-8-13-19-11-3-2-6-17-14(11)20-13/h2-7H,8H2,1H3,(H,18,21)(H2,16,22,23)(H,17,19,20). The molecule has 0 atom stereocenters. The van der Waals surface area contributed by atoms with Crippen LogP contribution in [0.25, 0.3) is 11.2 Å². The van der Waals surface area contributed by atoms with Crippen molar-refractivity contribution in [2.45, 2.75) is 18.4 Å². The largest absolute Gasteiger partial charge is 0.345 e. The molecule has 24 heavy (non-hydrogen) atoms. The number of carbonyl (C=O) groups excluding carboxylic acids is 1. The summed E-state index contributed by atoms with van der Waals surface area (Å²) in [5.41, 5.74) is 2.05. The van der Waals surface area contributed by atoms with Gasteiger partial charge in [0.05, 0.1) is 22.5 Å². The summed E-state index contributed by atoms with van der Waals surface area (Å²) < 4.78 is 23.3. The van der Waals surface area contributed by atoms with Crippen LogP contribution in [0.2, 0.25) is 0 Å². The normalized spacial score (nSPS) is 11.6. The van der Waals surface area contributed by atoms with Gasteiger partial charge in [-0.25, -0.2) is 23.5 Å². The van der Waals surface area contributed by atoms with Crippen LogP contribution >= 0.6 is 0 Å². The van der Waals surface area contributed by atoms with Gasteiger partial charge in [0.1, 0.15) is 5.82 Å². The minimum atomic E-state index is -3.99. The molecule has 4 N–H and O–H groups in total. The van der Waals surface area contributed by atoms with Gasteiger partial charge in [-0.15, -0.1) is 0 Å². The van der Waals surface area contributed by atoms with Gasteiger partial charge in [-0.1, -0.05) is 11.6 Å². The van der Waals surface area contributed by atoms with E-state index in [0.29, 0.717) is 11.5 Å². The topological polar surface area (TPSA) is 131 Å². The van der Waals surface area contributed by atoms with Crippen LogP contribution in [-0.2, 0) is 16.6 Å². The minimum Gasteiger partial charge on any atom is -0.345 e. The van der Waals surface area contributed by atoms with Crippen molar-refractivity contribution in [3.63, 3.8) is 0 Å². The second kappa shape index (κ2) is 6.02. The van der Waals surface area contributed by atoms with Gasteiger partial charge in [-0.05, 0) is 31.2 Å². The number of hydrogen-bond acceptors (Lipinski definition) is 5. The first kappa shape index (κ1) is 16.1. The fourth-order valence-electron chi connectivity index (χ4n) is 2.31. The van der Waals surface area contributed by atoms with Gasteiger partial charge >= 0.3 is 0 Å². The van der Waals surface area contributed by atoms with Crippen LogP contribution < -0.4 is 10.5 Å². The Bertz CT molecular complexity index is 994. The maximum absolute atomic E-state index is 12.4. The first-order valence-corrected chi connectivity index (χ1v) is 8.60. The van der Waals surface area contributed by atoms with E-state index < -0.39 is 15.9 Å². The smallest absolute Gasteiger partial charge is 0.253 e. The van der Waals surface area contributed by atoms with Gasteiger partial charge in [0.15, 0.2) is 5.65 Å². The molecule has 0 aliphatic heterocycles. The fraction of sp³-hybridized carbons (Fsp3) is 0.133. The van der Waals surface area contributed by atoms with E-state index in [2.05, 4.69) is 20.3 Å². The number of amides is 1. The molecule has 3 aromatic rings. The zero-order valence-corrected chi connectivity index (χ0v) is 13.6. The van der Waals surface area contributed by atoms with Gasteiger partial charge in [0.2, 0.25) is 10.0 Å². The highest BCUT2D eigenvalue weighted by atomic mass is 32.2. The summed E-state index contributed by atoms with van der Waals surface area (Å²) in [5.74, 6) is -0.0296. The molecule has 0 unspecified atom stereocenters. The van der Waals surface area contributed by atoms with Crippen LogP contribution in [-0.4, -0.2) is 29.3 Å². The molecule has 0 aliphatic rings. The highest BCUT2D eigenvalue weighted by molar-refractivity contribution is 7.89. The first-order valence-electron chi connectivity index (χ1n) is 7.06. The Hall–Kier alpha value is -2.78. The van der Waals surface area contributed by atoms with Crippen molar-refractivity contribution in [2.75, 3.05) is 0 Å². The number of primary sulfonamides is 1. The van der Waals surface area contributed by atoms with Crippen molar-refractivity contribution in [3.8, 4) is 0 Å². The molecular formula is C15H15N5O3S. The van der Waals surface area contributed by atoms with Gasteiger partial charge < -0.3 is 10.3 Å². The van der Waals surface area contributed by atoms with Crippen molar-refractivity contribution in [1.82, 2.24) is 20.3 Å². The number of rotatable bonds is 4. The van der Waals surface area contributed by atoms with Crippen molar-refractivity contribution in [1.29, 1.82) is 0 Å². The quantitative estimate of drug-likeness (QED) is 0.645. The second-order valence-corrected chi connectivity index (χ2v) is 6.82. The predicted molar refractivity (Wildman–Crippen MR) is 87.6 cm³/mol. The van der Waals surface area contributed by atoms with Crippen LogP contribution in [0.3, 0.4) is 0 Å². The summed E-state index contributed by atoms with van der Waals surface area (Å²) in [6.45, 7) is 1.86. The Morgan fingerprint density at radius 1 is 1.33 bits per heavy atom. The highest BCUT2D eigenvalue weighted by Crippen LogP contribution is 2.16. The summed E-state index contributed by atoms with van der Waals surface area (Å²) in [5, 5.41) is 7.80. The van der Waals surface area contributed by atoms with Crippen molar-refractivity contribution in [3.05, 3.63) is 53.5 Å². The third-order valence-corrected chi connectivity index (χ3v) is 4.38. The molecule has 0 bridgehead atoms. The molecule has 2 aromatic heterocycles. The van der Waals surface area contributed by atoms with Crippen molar-refractivity contribution >= 4 is 27.1 Å². The number of carbonyl (C=O) groups is 1. The highest BCUT2D eigenvalue weighted by Gasteiger charge is 2.19. The number of benzene rings is 1. The number of hydrogen-bond donors (Lipinski definition) is 3. The monoisotopic (exact) mass is 345 g/mol. The molecule has 2 heterocycles. The molecule has 0 aliphatic carbocycles. The maximum Gasteiger partial charge on any atom is 0.253 e. The number of nitrogens with one attached hydrogen (secondary N) is 2. The van der Waals surface area contributed by atoms with E-state index in [0.717, 1.165) is 11.1 Å². The van der Waals surface area contributed by atoms with Crippen molar-refractivity contribution < 1.29 is 13.2 Å². The SMILES string of the molecule is Cc1ccc(S(N)(=O)=O)c(C(=O)NCc2nc3ncccc3[nH]2)c1. The van der Waals surface area contributed by atoms with Gasteiger partial charge in [-0.2, -0.15) is 0 Å². The lowest BCUT2D eigenvalue weighted by Crippen LogP contribution is -2.26. The molecule has 9 heteroatoms. The molecule has 0 saturated heterocycles. The number of imidazole rings is 1. The molecule has 8 nitrogen and oxygen atoms in total. The van der Waals surface area contributed by atoms with Crippen LogP contribution in [0.5, 0.6) is 0 Å². The summed E-state index contributed by atoms with van der Waals surface area (Å²) >= 11 is 0. The zero-order chi connectivity index (χ0) is 17.3. The number of sulfonamides is 1. The van der Waals surface area contributed by atoms with E-state index in [1.807, 2.05) is 6.07 Å². The Morgan fingerprint density at radius 3 is 2.83 bits per heavy atom. The number of pyridine rings is 1. The van der Waals surface area contributed by atoms with Crippen LogP contribution in [0.4, 0.5) is 0 Å². The predicted octanol–water partition coefficient (Wildman–Crippen LogP) is 0.844. The molecule has 0 fully saturated rings. The van der Waals surface area contributed by atoms with E-state index >= 15 is 0 Å². The molecule has 0 radical (unpaired) electrons. The second-order valence-electron chi connectivity index (χ2n) is 5.29. The molecule has 3 rings (SSSR count). The minimum absolute atomic E-state index is 0.00624. The molecule has 0 spiro atoms. The molecular weight excluding hydrogens is 330 g/mol. The fourth-order valence-corrected chi connectivity index (χ4v) is 3.02. The van der Waals surface area contributed by atoms with E-state index in [1.54, 1.807) is 25.3 Å². The van der Waals surface area contributed by atoms with E-state index in [9.17, 15) is 13.2 Å². The van der Waals surface area contributed by atoms with Crippen LogP contribution in [0, 0.1) is 6.92 Å². The number of nitrogens with two attached hydrogens (primary N) is 1. The number of nitrogens with zero attached hydrogens (tertiary/aromatic N) is 2. The molecule has 124 valence electrons. The van der Waals surface area contributed by atoms with Gasteiger partial charge in [0, 0.05) is 6.20 Å². The third-order valence-electron chi connectivity index (χ3n) is 3.41. The number of aromatic amines is 1. The Kier molecular flexibility index (Phi) is 4.04. The summed E-state index contributed by atoms with van der Waals surface area (Å²) in [6, 6.07) is 7.98. The van der Waals surface area contributed by atoms with E-state index in [-0.39, 0.29) is 17.0 Å². The lowest BCUT2D eigenvalue weighted by molar-refractivity contribution is 0.0946. The number of aryl methyl sites for hydroxylation is 1. The third kappa shape index (κ3) is 3.26. The molecule has 0 saturated carbocycles. The summed E-state index contributed by atoms with van der Waals surface area (Å²) in [6.07, 6.45) is 1.62. The van der Waals surface area contributed by atoms with Crippen LogP contribution in [0.15, 0.2) is 41.4 Å². The Morgan fingerprint density at radius 2 is 2.12 bits per heavy atom.